The van der Waals surface area contributed by atoms with E-state index in [1.807, 2.05) is 0 Å². The van der Waals surface area contributed by atoms with Crippen molar-refractivity contribution in [1.82, 2.24) is 9.88 Å². The van der Waals surface area contributed by atoms with Crippen molar-refractivity contribution >= 4 is 11.7 Å². The summed E-state index contributed by atoms with van der Waals surface area (Å²) in [4.78, 5) is 16.9. The van der Waals surface area contributed by atoms with Gasteiger partial charge in [-0.15, -0.1) is 0 Å². The fraction of sp³-hybridized carbons (Fsp3) is 0.294. The second-order valence-corrected chi connectivity index (χ2v) is 5.62. The Bertz CT molecular complexity index is 734. The molecule has 0 aliphatic rings. The van der Waals surface area contributed by atoms with E-state index in [0.29, 0.717) is 11.3 Å². The van der Waals surface area contributed by atoms with E-state index < -0.39 is 12.3 Å². The molecule has 0 fully saturated rings. The summed E-state index contributed by atoms with van der Waals surface area (Å²) in [7, 11) is 3.14. The van der Waals surface area contributed by atoms with Gasteiger partial charge in [-0.1, -0.05) is 30.3 Å². The maximum atomic E-state index is 13.3. The minimum atomic E-state index is -4.59. The highest BCUT2D eigenvalue weighted by molar-refractivity contribution is 5.88. The predicted molar refractivity (Wildman–Crippen MR) is 87.5 cm³/mol. The van der Waals surface area contributed by atoms with Crippen LogP contribution in [0.5, 0.6) is 5.88 Å². The second kappa shape index (κ2) is 7.42. The van der Waals surface area contributed by atoms with E-state index in [1.54, 1.807) is 27.1 Å². The summed E-state index contributed by atoms with van der Waals surface area (Å²) < 4.78 is 45.2. The molecule has 0 aliphatic carbocycles. The van der Waals surface area contributed by atoms with Crippen LogP contribution in [0.2, 0.25) is 0 Å². The molecule has 25 heavy (non-hydrogen) atoms. The van der Waals surface area contributed by atoms with Crippen molar-refractivity contribution in [1.29, 1.82) is 0 Å². The van der Waals surface area contributed by atoms with Crippen LogP contribution in [-0.2, 0) is 0 Å². The highest BCUT2D eigenvalue weighted by atomic mass is 19.4. The molecule has 1 aromatic heterocycles. The van der Waals surface area contributed by atoms with Gasteiger partial charge in [0.1, 0.15) is 0 Å². The molecule has 8 heteroatoms. The number of nitrogens with zero attached hydrogens (tertiary/aromatic N) is 2. The lowest BCUT2D eigenvalue weighted by Gasteiger charge is -2.22. The molecular weight excluding hydrogens is 335 g/mol. The zero-order chi connectivity index (χ0) is 18.6. The van der Waals surface area contributed by atoms with Crippen molar-refractivity contribution in [3.8, 4) is 5.88 Å². The number of urea groups is 1. The maximum Gasteiger partial charge on any atom is 0.429 e. The zero-order valence-electron chi connectivity index (χ0n) is 14.0. The molecule has 5 nitrogen and oxygen atoms in total. The molecule has 0 saturated carbocycles. The fourth-order valence-electron chi connectivity index (χ4n) is 2.05. The number of hydrogen-bond donors (Lipinski definition) is 1. The SMILES string of the molecule is Cc1cc(NC(=O)N(C)C)cnc1O[C@H](c1ccccc1)C(F)(F)F. The zero-order valence-corrected chi connectivity index (χ0v) is 14.0. The molecule has 0 spiro atoms. The largest absolute Gasteiger partial charge is 0.460 e. The molecule has 0 radical (unpaired) electrons. The molecule has 1 aromatic carbocycles. The average molecular weight is 353 g/mol. The Hall–Kier alpha value is -2.77. The summed E-state index contributed by atoms with van der Waals surface area (Å²) in [6.07, 6.45) is -5.46. The standard InChI is InChI=1S/C17H18F3N3O2/c1-11-9-13(22-16(24)23(2)3)10-21-15(11)25-14(17(18,19)20)12-7-5-4-6-8-12/h4-10,14H,1-3H3,(H,22,24)/t14-/m1/s1. The number of amides is 2. The first-order valence-corrected chi connectivity index (χ1v) is 7.41. The predicted octanol–water partition coefficient (Wildman–Crippen LogP) is 4.17. The Balaban J connectivity index is 2.24. The smallest absolute Gasteiger partial charge is 0.429 e. The summed E-state index contributed by atoms with van der Waals surface area (Å²) in [5.41, 5.74) is 0.731. The fourth-order valence-corrected chi connectivity index (χ4v) is 2.05. The van der Waals surface area contributed by atoms with Gasteiger partial charge in [-0.25, -0.2) is 9.78 Å². The van der Waals surface area contributed by atoms with Crippen LogP contribution in [0, 0.1) is 6.92 Å². The van der Waals surface area contributed by atoms with Crippen molar-refractivity contribution in [3.63, 3.8) is 0 Å². The number of aryl methyl sites for hydroxylation is 1. The van der Waals surface area contributed by atoms with Crippen LogP contribution in [0.1, 0.15) is 17.2 Å². The monoisotopic (exact) mass is 353 g/mol. The molecule has 0 aliphatic heterocycles. The molecule has 1 atom stereocenters. The number of benzene rings is 1. The highest BCUT2D eigenvalue weighted by Crippen LogP contribution is 2.37. The molecule has 2 aromatic rings. The molecule has 134 valence electrons. The van der Waals surface area contributed by atoms with Gasteiger partial charge in [0.05, 0.1) is 11.9 Å². The molecule has 1 heterocycles. The second-order valence-electron chi connectivity index (χ2n) is 5.62. The first kappa shape index (κ1) is 18.6. The first-order chi connectivity index (χ1) is 11.7. The molecule has 0 saturated heterocycles. The van der Waals surface area contributed by atoms with E-state index >= 15 is 0 Å². The number of carbonyl (C=O) groups is 1. The molecule has 0 unspecified atom stereocenters. The minimum absolute atomic E-state index is 0.0128. The number of halogens is 3. The van der Waals surface area contributed by atoms with E-state index in [2.05, 4.69) is 10.3 Å². The van der Waals surface area contributed by atoms with Gasteiger partial charge in [0.15, 0.2) is 0 Å². The van der Waals surface area contributed by atoms with Crippen LogP contribution in [0.3, 0.4) is 0 Å². The van der Waals surface area contributed by atoms with E-state index in [-0.39, 0.29) is 17.5 Å². The van der Waals surface area contributed by atoms with Crippen LogP contribution in [-0.4, -0.2) is 36.2 Å². The molecule has 1 N–H and O–H groups in total. The maximum absolute atomic E-state index is 13.3. The molecule has 2 rings (SSSR count). The van der Waals surface area contributed by atoms with Crippen LogP contribution in [0.15, 0.2) is 42.6 Å². The van der Waals surface area contributed by atoms with Gasteiger partial charge in [0.2, 0.25) is 12.0 Å². The van der Waals surface area contributed by atoms with Gasteiger partial charge in [0.25, 0.3) is 0 Å². The normalized spacial score (nSPS) is 12.4. The van der Waals surface area contributed by atoms with Gasteiger partial charge in [-0.3, -0.25) is 0 Å². The minimum Gasteiger partial charge on any atom is -0.460 e. The van der Waals surface area contributed by atoms with Gasteiger partial charge in [-0.05, 0) is 13.0 Å². The van der Waals surface area contributed by atoms with E-state index in [9.17, 15) is 18.0 Å². The van der Waals surface area contributed by atoms with Crippen molar-refractivity contribution in [2.45, 2.75) is 19.2 Å². The number of pyridine rings is 1. The molecule has 0 bridgehead atoms. The topological polar surface area (TPSA) is 54.5 Å². The van der Waals surface area contributed by atoms with Crippen LogP contribution >= 0.6 is 0 Å². The number of alkyl halides is 3. The van der Waals surface area contributed by atoms with E-state index in [4.69, 9.17) is 4.74 Å². The third-order valence-electron chi connectivity index (χ3n) is 3.32. The quantitative estimate of drug-likeness (QED) is 0.898. The summed E-state index contributed by atoms with van der Waals surface area (Å²) in [6, 6.07) is 8.48. The van der Waals surface area contributed by atoms with E-state index in [1.165, 1.54) is 41.4 Å². The van der Waals surface area contributed by atoms with Gasteiger partial charge < -0.3 is 15.0 Å². The Morgan fingerprint density at radius 3 is 2.40 bits per heavy atom. The first-order valence-electron chi connectivity index (χ1n) is 7.41. The van der Waals surface area contributed by atoms with Crippen LogP contribution < -0.4 is 10.1 Å². The Morgan fingerprint density at radius 2 is 1.88 bits per heavy atom. The van der Waals surface area contributed by atoms with Crippen molar-refractivity contribution in [2.75, 3.05) is 19.4 Å². The van der Waals surface area contributed by atoms with Gasteiger partial charge in [-0.2, -0.15) is 13.2 Å². The van der Waals surface area contributed by atoms with Crippen LogP contribution in [0.4, 0.5) is 23.7 Å². The number of carbonyl (C=O) groups excluding carboxylic acids is 1. The van der Waals surface area contributed by atoms with E-state index in [0.717, 1.165) is 0 Å². The highest BCUT2D eigenvalue weighted by Gasteiger charge is 2.43. The van der Waals surface area contributed by atoms with Gasteiger partial charge in [0, 0.05) is 25.2 Å². The van der Waals surface area contributed by atoms with Crippen molar-refractivity contribution in [3.05, 3.63) is 53.7 Å². The summed E-state index contributed by atoms with van der Waals surface area (Å²) in [5.74, 6) is -0.144. The third-order valence-corrected chi connectivity index (χ3v) is 3.32. The number of hydrogen-bond acceptors (Lipinski definition) is 3. The summed E-state index contributed by atoms with van der Waals surface area (Å²) in [5, 5.41) is 2.57. The lowest BCUT2D eigenvalue weighted by molar-refractivity contribution is -0.198. The Kier molecular flexibility index (Phi) is 5.51. The lowest BCUT2D eigenvalue weighted by atomic mass is 10.1. The third kappa shape index (κ3) is 4.85. The molecular formula is C17H18F3N3O2. The lowest BCUT2D eigenvalue weighted by Crippen LogP contribution is -2.28. The Labute approximate surface area is 143 Å². The number of aromatic nitrogens is 1. The number of ether oxygens (including phenoxy) is 1. The number of anilines is 1. The number of nitrogens with one attached hydrogen (secondary N) is 1. The summed E-state index contributed by atoms with van der Waals surface area (Å²) >= 11 is 0. The van der Waals surface area contributed by atoms with Crippen LogP contribution in [0.25, 0.3) is 0 Å². The number of rotatable bonds is 4. The Morgan fingerprint density at radius 1 is 1.24 bits per heavy atom. The summed E-state index contributed by atoms with van der Waals surface area (Å²) in [6.45, 7) is 1.56. The van der Waals surface area contributed by atoms with Crippen molar-refractivity contribution in [2.24, 2.45) is 0 Å². The van der Waals surface area contributed by atoms with Crippen molar-refractivity contribution < 1.29 is 22.7 Å². The van der Waals surface area contributed by atoms with Gasteiger partial charge >= 0.3 is 12.2 Å². The average Bonchev–Trinajstić information content (AvgIpc) is 2.53. The molecule has 2 amide bonds.